The lowest BCUT2D eigenvalue weighted by Gasteiger charge is -1.98. The minimum atomic E-state index is -0.407. The highest BCUT2D eigenvalue weighted by Gasteiger charge is 2.05. The van der Waals surface area contributed by atoms with Crippen molar-refractivity contribution in [2.45, 2.75) is 13.5 Å². The van der Waals surface area contributed by atoms with Crippen LogP contribution < -0.4 is 5.73 Å². The monoisotopic (exact) mass is 171 g/mol. The molecule has 0 atom stereocenters. The van der Waals surface area contributed by atoms with Crippen LogP contribution in [-0.4, -0.2) is 32.8 Å². The topological polar surface area (TPSA) is 95.9 Å². The summed E-state index contributed by atoms with van der Waals surface area (Å²) in [5.74, 6) is -0.366. The predicted octanol–water partition coefficient (Wildman–Crippen LogP) is -1.18. The first-order chi connectivity index (χ1) is 5.72. The maximum absolute atomic E-state index is 10.8. The lowest BCUT2D eigenvalue weighted by molar-refractivity contribution is -0.144. The van der Waals surface area contributed by atoms with Crippen molar-refractivity contribution in [3.8, 4) is 0 Å². The highest BCUT2D eigenvalue weighted by atomic mass is 16.5. The summed E-state index contributed by atoms with van der Waals surface area (Å²) >= 11 is 0. The molecular formula is C5H9N5O2. The molecule has 0 aromatic carbocycles. The molecule has 0 aliphatic rings. The summed E-state index contributed by atoms with van der Waals surface area (Å²) in [6.07, 6.45) is 0. The molecule has 1 heterocycles. The lowest BCUT2D eigenvalue weighted by Crippen LogP contribution is -2.15. The Kier molecular flexibility index (Phi) is 2.57. The Morgan fingerprint density at radius 3 is 3.00 bits per heavy atom. The molecule has 0 fully saturated rings. The molecule has 1 aromatic heterocycles. The Balaban J connectivity index is 2.46. The molecule has 7 heteroatoms. The number of carbonyl (C=O) groups is 1. The maximum Gasteiger partial charge on any atom is 0.329 e. The average molecular weight is 171 g/mol. The summed E-state index contributed by atoms with van der Waals surface area (Å²) in [5.41, 5.74) is 5.17. The van der Waals surface area contributed by atoms with E-state index in [1.54, 1.807) is 6.92 Å². The summed E-state index contributed by atoms with van der Waals surface area (Å²) in [6.45, 7) is 2.00. The molecule has 1 rings (SSSR count). The molecule has 0 aliphatic carbocycles. The second-order valence-corrected chi connectivity index (χ2v) is 1.98. The van der Waals surface area contributed by atoms with E-state index in [9.17, 15) is 4.79 Å². The van der Waals surface area contributed by atoms with Crippen molar-refractivity contribution in [3.05, 3.63) is 0 Å². The third-order valence-electron chi connectivity index (χ3n) is 1.04. The average Bonchev–Trinajstić information content (AvgIpc) is 2.36. The van der Waals surface area contributed by atoms with E-state index in [0.29, 0.717) is 6.61 Å². The van der Waals surface area contributed by atoms with Crippen LogP contribution in [0.1, 0.15) is 6.92 Å². The van der Waals surface area contributed by atoms with Gasteiger partial charge in [-0.25, -0.2) is 4.79 Å². The SMILES string of the molecule is CCOC(=O)Cn1nnc(N)n1. The van der Waals surface area contributed by atoms with Crippen molar-refractivity contribution in [1.82, 2.24) is 20.2 Å². The van der Waals surface area contributed by atoms with Gasteiger partial charge in [0.2, 0.25) is 0 Å². The Morgan fingerprint density at radius 2 is 2.50 bits per heavy atom. The summed E-state index contributed by atoms with van der Waals surface area (Å²) < 4.78 is 4.65. The number of rotatable bonds is 3. The molecule has 0 unspecified atom stereocenters. The van der Waals surface area contributed by atoms with Crippen LogP contribution in [0.5, 0.6) is 0 Å². The minimum absolute atomic E-state index is 0.0410. The van der Waals surface area contributed by atoms with Crippen molar-refractivity contribution in [2.24, 2.45) is 0 Å². The van der Waals surface area contributed by atoms with E-state index in [-0.39, 0.29) is 12.5 Å². The van der Waals surface area contributed by atoms with Gasteiger partial charge in [0, 0.05) is 0 Å². The van der Waals surface area contributed by atoms with Gasteiger partial charge in [-0.15, -0.1) is 5.10 Å². The third kappa shape index (κ3) is 2.19. The van der Waals surface area contributed by atoms with Gasteiger partial charge < -0.3 is 10.5 Å². The largest absolute Gasteiger partial charge is 0.465 e. The first kappa shape index (κ1) is 8.44. The van der Waals surface area contributed by atoms with E-state index in [1.807, 2.05) is 0 Å². The first-order valence-electron chi connectivity index (χ1n) is 3.41. The Morgan fingerprint density at radius 1 is 1.75 bits per heavy atom. The molecule has 0 radical (unpaired) electrons. The number of esters is 1. The number of hydrogen-bond donors (Lipinski definition) is 1. The molecule has 7 nitrogen and oxygen atoms in total. The Hall–Kier alpha value is -1.66. The molecule has 12 heavy (non-hydrogen) atoms. The van der Waals surface area contributed by atoms with E-state index >= 15 is 0 Å². The number of nitrogens with two attached hydrogens (primary N) is 1. The number of anilines is 1. The number of hydrogen-bond acceptors (Lipinski definition) is 6. The summed E-state index contributed by atoms with van der Waals surface area (Å²) in [5, 5.41) is 10.5. The molecule has 0 aliphatic heterocycles. The normalized spacial score (nSPS) is 9.75. The number of ether oxygens (including phenoxy) is 1. The van der Waals surface area contributed by atoms with Crippen LogP contribution >= 0.6 is 0 Å². The van der Waals surface area contributed by atoms with Crippen LogP contribution in [0.15, 0.2) is 0 Å². The summed E-state index contributed by atoms with van der Waals surface area (Å²) in [6, 6.07) is 0. The number of nitrogens with zero attached hydrogens (tertiary/aromatic N) is 4. The van der Waals surface area contributed by atoms with Crippen molar-refractivity contribution in [3.63, 3.8) is 0 Å². The zero-order valence-corrected chi connectivity index (χ0v) is 6.60. The second kappa shape index (κ2) is 3.65. The van der Waals surface area contributed by atoms with Crippen LogP contribution in [0.25, 0.3) is 0 Å². The lowest BCUT2D eigenvalue weighted by atomic mass is 10.7. The third-order valence-corrected chi connectivity index (χ3v) is 1.04. The van der Waals surface area contributed by atoms with E-state index < -0.39 is 5.97 Å². The van der Waals surface area contributed by atoms with Gasteiger partial charge in [-0.2, -0.15) is 4.80 Å². The van der Waals surface area contributed by atoms with E-state index in [0.717, 1.165) is 4.80 Å². The van der Waals surface area contributed by atoms with Gasteiger partial charge in [-0.3, -0.25) is 0 Å². The highest BCUT2D eigenvalue weighted by Crippen LogP contribution is 1.86. The van der Waals surface area contributed by atoms with E-state index in [1.165, 1.54) is 0 Å². The molecule has 2 N–H and O–H groups in total. The van der Waals surface area contributed by atoms with E-state index in [4.69, 9.17) is 5.73 Å². The standard InChI is InChI=1S/C5H9N5O2/c1-2-12-4(11)3-10-8-5(6)7-9-10/h2-3H2,1H3,(H2,6,8). The smallest absolute Gasteiger partial charge is 0.329 e. The van der Waals surface area contributed by atoms with Gasteiger partial charge in [-0.05, 0) is 12.1 Å². The van der Waals surface area contributed by atoms with Crippen molar-refractivity contribution in [1.29, 1.82) is 0 Å². The van der Waals surface area contributed by atoms with Crippen LogP contribution in [-0.2, 0) is 16.1 Å². The first-order valence-corrected chi connectivity index (χ1v) is 3.41. The molecular weight excluding hydrogens is 162 g/mol. The second-order valence-electron chi connectivity index (χ2n) is 1.98. The fourth-order valence-corrected chi connectivity index (χ4v) is 0.645. The highest BCUT2D eigenvalue weighted by molar-refractivity contribution is 5.68. The Labute approximate surface area is 68.5 Å². The molecule has 66 valence electrons. The number of tetrazole rings is 1. The van der Waals surface area contributed by atoms with Gasteiger partial charge in [0.15, 0.2) is 6.54 Å². The molecule has 0 spiro atoms. The van der Waals surface area contributed by atoms with Crippen LogP contribution in [0.4, 0.5) is 5.95 Å². The molecule has 0 bridgehead atoms. The van der Waals surface area contributed by atoms with Crippen molar-refractivity contribution < 1.29 is 9.53 Å². The number of nitrogen functional groups attached to an aromatic ring is 1. The van der Waals surface area contributed by atoms with Crippen LogP contribution in [0, 0.1) is 0 Å². The van der Waals surface area contributed by atoms with Crippen molar-refractivity contribution >= 4 is 11.9 Å². The quantitative estimate of drug-likeness (QED) is 0.575. The predicted molar refractivity (Wildman–Crippen MR) is 38.9 cm³/mol. The fraction of sp³-hybridized carbons (Fsp3) is 0.600. The van der Waals surface area contributed by atoms with Crippen LogP contribution in [0.2, 0.25) is 0 Å². The van der Waals surface area contributed by atoms with E-state index in [2.05, 4.69) is 20.1 Å². The molecule has 1 aromatic rings. The molecule has 0 saturated heterocycles. The van der Waals surface area contributed by atoms with Gasteiger partial charge in [-0.1, -0.05) is 5.10 Å². The summed E-state index contributed by atoms with van der Waals surface area (Å²) in [4.78, 5) is 11.9. The van der Waals surface area contributed by atoms with Gasteiger partial charge in [0.1, 0.15) is 0 Å². The summed E-state index contributed by atoms with van der Waals surface area (Å²) in [7, 11) is 0. The number of carbonyl (C=O) groups excluding carboxylic acids is 1. The molecule has 0 amide bonds. The Bertz CT molecular complexity index is 271. The number of aromatic nitrogens is 4. The molecule has 0 saturated carbocycles. The zero-order valence-electron chi connectivity index (χ0n) is 6.60. The van der Waals surface area contributed by atoms with Gasteiger partial charge in [0.05, 0.1) is 6.61 Å². The van der Waals surface area contributed by atoms with Gasteiger partial charge >= 0.3 is 5.97 Å². The maximum atomic E-state index is 10.8. The van der Waals surface area contributed by atoms with Gasteiger partial charge in [0.25, 0.3) is 5.95 Å². The minimum Gasteiger partial charge on any atom is -0.465 e. The van der Waals surface area contributed by atoms with Crippen molar-refractivity contribution in [2.75, 3.05) is 12.3 Å². The fourth-order valence-electron chi connectivity index (χ4n) is 0.645. The zero-order chi connectivity index (χ0) is 8.97. The van der Waals surface area contributed by atoms with Crippen LogP contribution in [0.3, 0.4) is 0 Å².